The summed E-state index contributed by atoms with van der Waals surface area (Å²) >= 11 is 0. The van der Waals surface area contributed by atoms with Gasteiger partial charge in [0.05, 0.1) is 18.4 Å². The molecule has 3 rings (SSSR count). The molecule has 0 saturated heterocycles. The quantitative estimate of drug-likeness (QED) is 0.683. The first-order chi connectivity index (χ1) is 8.42. The molecule has 0 aliphatic carbocycles. The van der Waals surface area contributed by atoms with E-state index in [4.69, 9.17) is 0 Å². The van der Waals surface area contributed by atoms with Gasteiger partial charge < -0.3 is 0 Å². The summed E-state index contributed by atoms with van der Waals surface area (Å²) < 4.78 is 3.76. The highest BCUT2D eigenvalue weighted by Crippen LogP contribution is 2.08. The number of benzene rings is 1. The maximum absolute atomic E-state index is 4.34. The number of para-hydroxylation sites is 1. The minimum atomic E-state index is 0.750. The lowest BCUT2D eigenvalue weighted by Crippen LogP contribution is -1.98. The third-order valence-corrected chi connectivity index (χ3v) is 2.56. The number of nitrogens with zero attached hydrogens (tertiary/aromatic N) is 4. The van der Waals surface area contributed by atoms with E-state index in [1.165, 1.54) is 0 Å². The van der Waals surface area contributed by atoms with Gasteiger partial charge in [-0.05, 0) is 18.2 Å². The van der Waals surface area contributed by atoms with E-state index < -0.39 is 0 Å². The Morgan fingerprint density at radius 1 is 1.00 bits per heavy atom. The van der Waals surface area contributed by atoms with Crippen LogP contribution >= 0.6 is 0 Å². The lowest BCUT2D eigenvalue weighted by Gasteiger charge is -1.99. The highest BCUT2D eigenvalue weighted by molar-refractivity contribution is 5.30. The largest absolute Gasteiger partial charge is 0.268 e. The van der Waals surface area contributed by atoms with Crippen molar-refractivity contribution >= 4 is 0 Å². The Bertz CT molecular complexity index is 581. The summed E-state index contributed by atoms with van der Waals surface area (Å²) in [6.07, 6.45) is 7.62. The van der Waals surface area contributed by atoms with Crippen molar-refractivity contribution < 1.29 is 0 Å². The molecule has 2 aromatic heterocycles. The summed E-state index contributed by atoms with van der Waals surface area (Å²) in [5, 5.41) is 8.52. The van der Waals surface area contributed by atoms with Gasteiger partial charge in [0.2, 0.25) is 0 Å². The van der Waals surface area contributed by atoms with Crippen LogP contribution in [0.5, 0.6) is 0 Å². The predicted octanol–water partition coefficient (Wildman–Crippen LogP) is 2.12. The highest BCUT2D eigenvalue weighted by Gasteiger charge is 2.01. The first-order valence-electron chi connectivity index (χ1n) is 5.48. The Morgan fingerprint density at radius 3 is 2.65 bits per heavy atom. The molecule has 0 spiro atoms. The molecule has 0 N–H and O–H groups in total. The van der Waals surface area contributed by atoms with Crippen molar-refractivity contribution in [1.82, 2.24) is 19.6 Å². The van der Waals surface area contributed by atoms with Gasteiger partial charge >= 0.3 is 0 Å². The molecule has 0 aliphatic rings. The molecule has 17 heavy (non-hydrogen) atoms. The minimum Gasteiger partial charge on any atom is -0.268 e. The van der Waals surface area contributed by atoms with Crippen LogP contribution in [0, 0.1) is 0 Å². The zero-order chi connectivity index (χ0) is 11.5. The van der Waals surface area contributed by atoms with Crippen LogP contribution in [0.2, 0.25) is 0 Å². The normalized spacial score (nSPS) is 10.6. The van der Waals surface area contributed by atoms with Crippen LogP contribution in [0.15, 0.2) is 61.2 Å². The molecule has 0 unspecified atom stereocenters. The fraction of sp³-hybridized carbons (Fsp3) is 0.0769. The lowest BCUT2D eigenvalue weighted by atomic mass is 10.3. The van der Waals surface area contributed by atoms with Crippen molar-refractivity contribution in [1.29, 1.82) is 0 Å². The van der Waals surface area contributed by atoms with E-state index in [0.29, 0.717) is 0 Å². The fourth-order valence-corrected chi connectivity index (χ4v) is 1.74. The van der Waals surface area contributed by atoms with E-state index >= 15 is 0 Å². The van der Waals surface area contributed by atoms with Gasteiger partial charge in [0.25, 0.3) is 0 Å². The van der Waals surface area contributed by atoms with Gasteiger partial charge in [-0.25, -0.2) is 4.68 Å². The van der Waals surface area contributed by atoms with Gasteiger partial charge in [0, 0.05) is 24.2 Å². The first-order valence-corrected chi connectivity index (χ1v) is 5.48. The van der Waals surface area contributed by atoms with Gasteiger partial charge in [-0.1, -0.05) is 18.2 Å². The number of aromatic nitrogens is 4. The second-order valence-electron chi connectivity index (χ2n) is 3.83. The third-order valence-electron chi connectivity index (χ3n) is 2.56. The maximum Gasteiger partial charge on any atom is 0.0690 e. The van der Waals surface area contributed by atoms with Crippen molar-refractivity contribution in [3.63, 3.8) is 0 Å². The summed E-state index contributed by atoms with van der Waals surface area (Å²) in [5.41, 5.74) is 2.21. The van der Waals surface area contributed by atoms with E-state index in [1.807, 2.05) is 64.4 Å². The van der Waals surface area contributed by atoms with E-state index in [9.17, 15) is 0 Å². The van der Waals surface area contributed by atoms with Crippen LogP contribution in [-0.2, 0) is 6.54 Å². The van der Waals surface area contributed by atoms with Gasteiger partial charge in [0.1, 0.15) is 0 Å². The topological polar surface area (TPSA) is 35.6 Å². The zero-order valence-corrected chi connectivity index (χ0v) is 9.27. The molecule has 0 fully saturated rings. The molecule has 0 radical (unpaired) electrons. The van der Waals surface area contributed by atoms with Crippen molar-refractivity contribution in [2.75, 3.05) is 0 Å². The second-order valence-corrected chi connectivity index (χ2v) is 3.83. The van der Waals surface area contributed by atoms with E-state index in [-0.39, 0.29) is 0 Å². The first kappa shape index (κ1) is 9.84. The third kappa shape index (κ3) is 2.10. The molecule has 0 saturated carbocycles. The summed E-state index contributed by atoms with van der Waals surface area (Å²) in [7, 11) is 0. The second kappa shape index (κ2) is 4.25. The van der Waals surface area contributed by atoms with Crippen molar-refractivity contribution in [3.05, 3.63) is 66.7 Å². The molecular formula is C13H12N4. The van der Waals surface area contributed by atoms with E-state index in [1.54, 1.807) is 6.20 Å². The molecular weight excluding hydrogens is 212 g/mol. The van der Waals surface area contributed by atoms with Crippen molar-refractivity contribution in [2.45, 2.75) is 6.54 Å². The molecule has 0 aliphatic heterocycles. The van der Waals surface area contributed by atoms with Crippen molar-refractivity contribution in [2.24, 2.45) is 0 Å². The number of rotatable bonds is 3. The van der Waals surface area contributed by atoms with Crippen LogP contribution in [0.25, 0.3) is 5.69 Å². The Morgan fingerprint density at radius 2 is 1.88 bits per heavy atom. The SMILES string of the molecule is c1ccc(-n2cc(Cn3cccn3)cn2)cc1. The minimum absolute atomic E-state index is 0.750. The molecule has 4 heteroatoms. The molecule has 84 valence electrons. The lowest BCUT2D eigenvalue weighted by molar-refractivity contribution is 0.686. The average molecular weight is 224 g/mol. The van der Waals surface area contributed by atoms with Gasteiger partial charge in [-0.15, -0.1) is 0 Å². The summed E-state index contributed by atoms with van der Waals surface area (Å²) in [4.78, 5) is 0. The Hall–Kier alpha value is -2.36. The summed E-state index contributed by atoms with van der Waals surface area (Å²) in [6, 6.07) is 12.0. The van der Waals surface area contributed by atoms with E-state index in [0.717, 1.165) is 17.8 Å². The predicted molar refractivity (Wildman–Crippen MR) is 64.9 cm³/mol. The highest BCUT2D eigenvalue weighted by atomic mass is 15.3. The Labute approximate surface area is 99.1 Å². The molecule has 3 aromatic rings. The maximum atomic E-state index is 4.34. The van der Waals surface area contributed by atoms with Crippen LogP contribution in [0.4, 0.5) is 0 Å². The van der Waals surface area contributed by atoms with Crippen LogP contribution in [0.3, 0.4) is 0 Å². The molecule has 0 bridgehead atoms. The Kier molecular flexibility index (Phi) is 2.46. The monoisotopic (exact) mass is 224 g/mol. The van der Waals surface area contributed by atoms with Crippen LogP contribution < -0.4 is 0 Å². The molecule has 0 atom stereocenters. The molecule has 0 amide bonds. The van der Waals surface area contributed by atoms with Crippen molar-refractivity contribution in [3.8, 4) is 5.69 Å². The van der Waals surface area contributed by atoms with Gasteiger partial charge in [-0.2, -0.15) is 10.2 Å². The number of hydrogen-bond acceptors (Lipinski definition) is 2. The standard InChI is InChI=1S/C13H12N4/c1-2-5-13(6-3-1)17-11-12(9-15-17)10-16-8-4-7-14-16/h1-9,11H,10H2. The zero-order valence-electron chi connectivity index (χ0n) is 9.27. The van der Waals surface area contributed by atoms with Gasteiger partial charge in [-0.3, -0.25) is 4.68 Å². The molecule has 1 aromatic carbocycles. The molecule has 4 nitrogen and oxygen atoms in total. The summed E-state index contributed by atoms with van der Waals surface area (Å²) in [6.45, 7) is 0.750. The average Bonchev–Trinajstić information content (AvgIpc) is 3.02. The molecule has 2 heterocycles. The van der Waals surface area contributed by atoms with E-state index in [2.05, 4.69) is 10.2 Å². The summed E-state index contributed by atoms with van der Waals surface area (Å²) in [5.74, 6) is 0. The van der Waals surface area contributed by atoms with Gasteiger partial charge in [0.15, 0.2) is 0 Å². The van der Waals surface area contributed by atoms with Crippen LogP contribution in [-0.4, -0.2) is 19.6 Å². The smallest absolute Gasteiger partial charge is 0.0690 e. The fourth-order valence-electron chi connectivity index (χ4n) is 1.74. The van der Waals surface area contributed by atoms with Crippen LogP contribution in [0.1, 0.15) is 5.56 Å². The number of hydrogen-bond donors (Lipinski definition) is 0. The Balaban J connectivity index is 1.84.